The van der Waals surface area contributed by atoms with Crippen molar-refractivity contribution in [3.05, 3.63) is 23.9 Å². The molecular formula is C11H13N3O2S. The highest BCUT2D eigenvalue weighted by molar-refractivity contribution is 7.92. The summed E-state index contributed by atoms with van der Waals surface area (Å²) in [5.41, 5.74) is 0.123. The van der Waals surface area contributed by atoms with Crippen molar-refractivity contribution in [1.29, 1.82) is 5.26 Å². The molecule has 1 N–H and O–H groups in total. The molecule has 90 valence electrons. The van der Waals surface area contributed by atoms with Crippen molar-refractivity contribution in [2.45, 2.75) is 23.1 Å². The van der Waals surface area contributed by atoms with Crippen LogP contribution in [0, 0.1) is 11.3 Å². The molecule has 0 aromatic carbocycles. The quantitative estimate of drug-likeness (QED) is 0.826. The number of nitriles is 1. The molecule has 0 amide bonds. The highest BCUT2D eigenvalue weighted by Crippen LogP contribution is 2.21. The summed E-state index contributed by atoms with van der Waals surface area (Å²) >= 11 is 0. The number of nitrogens with one attached hydrogen (secondary N) is 1. The standard InChI is InChI=1S/C11H13N3O2S/c12-7-9-3-1-6-14-11(9)17(15,16)10-4-2-5-13-8-10/h1,3,6,10,13H,2,4-5,8H2/t10-/m0/s1. The van der Waals surface area contributed by atoms with Gasteiger partial charge in [0.1, 0.15) is 6.07 Å². The number of hydrogen-bond acceptors (Lipinski definition) is 5. The van der Waals surface area contributed by atoms with Crippen LogP contribution in [0.4, 0.5) is 0 Å². The first-order valence-corrected chi connectivity index (χ1v) is 7.00. The summed E-state index contributed by atoms with van der Waals surface area (Å²) in [6.07, 6.45) is 2.86. The molecule has 6 heteroatoms. The highest BCUT2D eigenvalue weighted by atomic mass is 32.2. The van der Waals surface area contributed by atoms with E-state index in [0.717, 1.165) is 13.0 Å². The number of aromatic nitrogens is 1. The van der Waals surface area contributed by atoms with Gasteiger partial charge in [-0.05, 0) is 31.5 Å². The molecule has 0 bridgehead atoms. The highest BCUT2D eigenvalue weighted by Gasteiger charge is 2.31. The van der Waals surface area contributed by atoms with Crippen LogP contribution in [-0.2, 0) is 9.84 Å². The van der Waals surface area contributed by atoms with E-state index in [0.29, 0.717) is 13.0 Å². The summed E-state index contributed by atoms with van der Waals surface area (Å²) in [5.74, 6) is 0. The van der Waals surface area contributed by atoms with Crippen molar-refractivity contribution in [2.24, 2.45) is 0 Å². The maximum absolute atomic E-state index is 12.3. The van der Waals surface area contributed by atoms with Crippen LogP contribution in [0.1, 0.15) is 18.4 Å². The third-order valence-corrected chi connectivity index (χ3v) is 5.00. The van der Waals surface area contributed by atoms with Crippen molar-refractivity contribution in [2.75, 3.05) is 13.1 Å². The van der Waals surface area contributed by atoms with Crippen molar-refractivity contribution < 1.29 is 8.42 Å². The van der Waals surface area contributed by atoms with Gasteiger partial charge in [0.05, 0.1) is 10.8 Å². The number of nitrogens with zero attached hydrogens (tertiary/aromatic N) is 2. The van der Waals surface area contributed by atoms with Crippen LogP contribution >= 0.6 is 0 Å². The van der Waals surface area contributed by atoms with Gasteiger partial charge in [0.15, 0.2) is 5.03 Å². The molecule has 1 aliphatic heterocycles. The van der Waals surface area contributed by atoms with E-state index in [9.17, 15) is 8.42 Å². The lowest BCUT2D eigenvalue weighted by atomic mass is 10.2. The van der Waals surface area contributed by atoms with Crippen LogP contribution in [0.5, 0.6) is 0 Å². The summed E-state index contributed by atoms with van der Waals surface area (Å²) in [7, 11) is -3.50. The molecular weight excluding hydrogens is 238 g/mol. The summed E-state index contributed by atoms with van der Waals surface area (Å²) in [6.45, 7) is 1.28. The van der Waals surface area contributed by atoms with Crippen LogP contribution in [-0.4, -0.2) is 31.7 Å². The molecule has 1 saturated heterocycles. The minimum Gasteiger partial charge on any atom is -0.315 e. The van der Waals surface area contributed by atoms with Crippen molar-refractivity contribution in [3.8, 4) is 6.07 Å². The average Bonchev–Trinajstić information content (AvgIpc) is 2.39. The van der Waals surface area contributed by atoms with Gasteiger partial charge in [-0.2, -0.15) is 5.26 Å². The van der Waals surface area contributed by atoms with E-state index >= 15 is 0 Å². The second-order valence-electron chi connectivity index (χ2n) is 3.98. The van der Waals surface area contributed by atoms with Gasteiger partial charge in [-0.15, -0.1) is 0 Å². The smallest absolute Gasteiger partial charge is 0.201 e. The molecule has 17 heavy (non-hydrogen) atoms. The third kappa shape index (κ3) is 2.30. The zero-order valence-corrected chi connectivity index (χ0v) is 10.1. The van der Waals surface area contributed by atoms with E-state index in [1.165, 1.54) is 12.3 Å². The zero-order chi connectivity index (χ0) is 12.3. The maximum Gasteiger partial charge on any atom is 0.201 e. The van der Waals surface area contributed by atoms with E-state index in [4.69, 9.17) is 5.26 Å². The van der Waals surface area contributed by atoms with Gasteiger partial charge in [-0.1, -0.05) is 0 Å². The van der Waals surface area contributed by atoms with Crippen LogP contribution in [0.15, 0.2) is 23.4 Å². The molecule has 0 spiro atoms. The van der Waals surface area contributed by atoms with Gasteiger partial charge in [0.25, 0.3) is 0 Å². The number of hydrogen-bond donors (Lipinski definition) is 1. The Labute approximate surface area is 100 Å². The molecule has 5 nitrogen and oxygen atoms in total. The molecule has 1 fully saturated rings. The first-order chi connectivity index (χ1) is 8.16. The monoisotopic (exact) mass is 251 g/mol. The minimum absolute atomic E-state index is 0.0869. The second-order valence-corrected chi connectivity index (χ2v) is 6.12. The Balaban J connectivity index is 2.41. The summed E-state index contributed by atoms with van der Waals surface area (Å²) in [4.78, 5) is 3.86. The largest absolute Gasteiger partial charge is 0.315 e. The van der Waals surface area contributed by atoms with Crippen LogP contribution < -0.4 is 5.32 Å². The van der Waals surface area contributed by atoms with Crippen molar-refractivity contribution in [3.63, 3.8) is 0 Å². The Kier molecular flexibility index (Phi) is 3.41. The zero-order valence-electron chi connectivity index (χ0n) is 9.26. The number of pyridine rings is 1. The van der Waals surface area contributed by atoms with Gasteiger partial charge in [-0.25, -0.2) is 13.4 Å². The predicted molar refractivity (Wildman–Crippen MR) is 62.0 cm³/mol. The predicted octanol–water partition coefficient (Wildman–Crippen LogP) is 0.479. The fourth-order valence-electron chi connectivity index (χ4n) is 1.95. The molecule has 2 rings (SSSR count). The SMILES string of the molecule is N#Cc1cccnc1S(=O)(=O)[C@H]1CCCNC1. The topological polar surface area (TPSA) is 82.8 Å². The lowest BCUT2D eigenvalue weighted by Crippen LogP contribution is -2.39. The molecule has 0 radical (unpaired) electrons. The fraction of sp³-hybridized carbons (Fsp3) is 0.455. The van der Waals surface area contributed by atoms with Gasteiger partial charge in [0, 0.05) is 12.7 Å². The molecule has 2 heterocycles. The van der Waals surface area contributed by atoms with E-state index in [1.807, 2.05) is 6.07 Å². The number of piperidine rings is 1. The van der Waals surface area contributed by atoms with Crippen LogP contribution in [0.3, 0.4) is 0 Å². The number of rotatable bonds is 2. The summed E-state index contributed by atoms with van der Waals surface area (Å²) in [6, 6.07) is 4.93. The normalized spacial score (nSPS) is 20.8. The van der Waals surface area contributed by atoms with Crippen LogP contribution in [0.25, 0.3) is 0 Å². The summed E-state index contributed by atoms with van der Waals surface area (Å²) < 4.78 is 24.6. The Morgan fingerprint density at radius 3 is 3.00 bits per heavy atom. The molecule has 1 atom stereocenters. The van der Waals surface area contributed by atoms with E-state index < -0.39 is 15.1 Å². The van der Waals surface area contributed by atoms with E-state index in [2.05, 4.69) is 10.3 Å². The Hall–Kier alpha value is -1.45. The first kappa shape index (κ1) is 12.0. The molecule has 1 aromatic rings. The lowest BCUT2D eigenvalue weighted by Gasteiger charge is -2.22. The Morgan fingerprint density at radius 1 is 1.53 bits per heavy atom. The molecule has 0 unspecified atom stereocenters. The van der Waals surface area contributed by atoms with E-state index in [-0.39, 0.29) is 10.6 Å². The minimum atomic E-state index is -3.50. The molecule has 1 aliphatic rings. The van der Waals surface area contributed by atoms with Crippen molar-refractivity contribution >= 4 is 9.84 Å². The van der Waals surface area contributed by atoms with Gasteiger partial charge >= 0.3 is 0 Å². The molecule has 0 aliphatic carbocycles. The average molecular weight is 251 g/mol. The molecule has 1 aromatic heterocycles. The van der Waals surface area contributed by atoms with Crippen LogP contribution in [0.2, 0.25) is 0 Å². The summed E-state index contributed by atoms with van der Waals surface area (Å²) in [5, 5.41) is 11.4. The van der Waals surface area contributed by atoms with Gasteiger partial charge in [-0.3, -0.25) is 0 Å². The second kappa shape index (κ2) is 4.82. The van der Waals surface area contributed by atoms with E-state index in [1.54, 1.807) is 6.07 Å². The van der Waals surface area contributed by atoms with Gasteiger partial charge in [0.2, 0.25) is 9.84 Å². The number of sulfone groups is 1. The van der Waals surface area contributed by atoms with Gasteiger partial charge < -0.3 is 5.32 Å². The Bertz CT molecular complexity index is 542. The Morgan fingerprint density at radius 2 is 2.35 bits per heavy atom. The fourth-order valence-corrected chi connectivity index (χ4v) is 3.70. The lowest BCUT2D eigenvalue weighted by molar-refractivity contribution is 0.495. The molecule has 0 saturated carbocycles. The van der Waals surface area contributed by atoms with Crippen molar-refractivity contribution in [1.82, 2.24) is 10.3 Å². The maximum atomic E-state index is 12.3. The third-order valence-electron chi connectivity index (χ3n) is 2.85. The first-order valence-electron chi connectivity index (χ1n) is 5.46.